The van der Waals surface area contributed by atoms with Gasteiger partial charge in [0, 0.05) is 7.05 Å². The molecule has 0 aromatic carbocycles. The molecule has 0 amide bonds. The molecule has 0 fully saturated rings. The molecule has 0 aliphatic carbocycles. The summed E-state index contributed by atoms with van der Waals surface area (Å²) >= 11 is 0. The van der Waals surface area contributed by atoms with Gasteiger partial charge in [-0.1, -0.05) is 5.21 Å². The molecule has 0 spiro atoms. The van der Waals surface area contributed by atoms with Crippen molar-refractivity contribution >= 4 is 11.2 Å². The van der Waals surface area contributed by atoms with Gasteiger partial charge in [-0.05, 0) is 13.8 Å². The molecule has 0 radical (unpaired) electrons. The Morgan fingerprint density at radius 3 is 2.67 bits per heavy atom. The summed E-state index contributed by atoms with van der Waals surface area (Å²) in [4.78, 5) is 8.37. The van der Waals surface area contributed by atoms with Gasteiger partial charge in [0.25, 0.3) is 0 Å². The van der Waals surface area contributed by atoms with Crippen LogP contribution in [0.2, 0.25) is 0 Å². The molecule has 0 bridgehead atoms. The van der Waals surface area contributed by atoms with Gasteiger partial charge in [-0.2, -0.15) is 0 Å². The van der Waals surface area contributed by atoms with Crippen LogP contribution in [0.25, 0.3) is 11.2 Å². The first-order valence-corrected chi connectivity index (χ1v) is 3.69. The largest absolute Gasteiger partial charge is 0.244 e. The molecule has 0 N–H and O–H groups in total. The molecule has 0 aliphatic heterocycles. The number of rotatable bonds is 0. The Balaban J connectivity index is 2.93. The molecule has 0 aliphatic rings. The van der Waals surface area contributed by atoms with Crippen molar-refractivity contribution in [1.29, 1.82) is 0 Å². The first-order chi connectivity index (χ1) is 5.68. The number of aromatic nitrogens is 5. The molecule has 5 heteroatoms. The summed E-state index contributed by atoms with van der Waals surface area (Å²) in [6.45, 7) is 3.78. The van der Waals surface area contributed by atoms with E-state index in [4.69, 9.17) is 0 Å². The molecule has 2 aromatic heterocycles. The minimum Gasteiger partial charge on any atom is -0.244 e. The van der Waals surface area contributed by atoms with Gasteiger partial charge < -0.3 is 0 Å². The van der Waals surface area contributed by atoms with E-state index in [9.17, 15) is 0 Å². The normalized spacial score (nSPS) is 10.9. The van der Waals surface area contributed by atoms with E-state index in [2.05, 4.69) is 20.3 Å². The fourth-order valence-corrected chi connectivity index (χ4v) is 1.29. The highest BCUT2D eigenvalue weighted by Crippen LogP contribution is 2.10. The summed E-state index contributed by atoms with van der Waals surface area (Å²) in [5.74, 6) is 0.737. The van der Waals surface area contributed by atoms with E-state index in [-0.39, 0.29) is 0 Å². The van der Waals surface area contributed by atoms with Crippen LogP contribution in [0.1, 0.15) is 11.5 Å². The van der Waals surface area contributed by atoms with Crippen LogP contribution in [-0.4, -0.2) is 25.0 Å². The first-order valence-electron chi connectivity index (χ1n) is 3.69. The van der Waals surface area contributed by atoms with Gasteiger partial charge >= 0.3 is 0 Å². The van der Waals surface area contributed by atoms with Gasteiger partial charge in [0.05, 0.1) is 5.69 Å². The van der Waals surface area contributed by atoms with Crippen molar-refractivity contribution in [1.82, 2.24) is 25.0 Å². The monoisotopic (exact) mass is 163 g/mol. The Bertz CT molecular complexity index is 431. The Morgan fingerprint density at radius 1 is 1.17 bits per heavy atom. The molecule has 12 heavy (non-hydrogen) atoms. The van der Waals surface area contributed by atoms with Crippen LogP contribution in [-0.2, 0) is 7.05 Å². The first kappa shape index (κ1) is 7.15. The SMILES string of the molecule is Cc1nc(C)c2c(nnn2C)n1. The van der Waals surface area contributed by atoms with Gasteiger partial charge in [0.2, 0.25) is 5.65 Å². The Hall–Kier alpha value is -1.52. The maximum absolute atomic E-state index is 4.22. The number of aryl methyl sites for hydroxylation is 3. The number of fused-ring (bicyclic) bond motifs is 1. The molecule has 5 nitrogen and oxygen atoms in total. The average Bonchev–Trinajstić information content (AvgIpc) is 2.31. The molecule has 2 aromatic rings. The summed E-state index contributed by atoms with van der Waals surface area (Å²) in [5, 5.41) is 7.76. The topological polar surface area (TPSA) is 56.5 Å². The molecule has 62 valence electrons. The lowest BCUT2D eigenvalue weighted by molar-refractivity contribution is 0.733. The van der Waals surface area contributed by atoms with Crippen LogP contribution in [0.4, 0.5) is 0 Å². The van der Waals surface area contributed by atoms with Crippen molar-refractivity contribution in [2.45, 2.75) is 13.8 Å². The number of hydrogen-bond donors (Lipinski definition) is 0. The zero-order chi connectivity index (χ0) is 8.72. The minimum atomic E-state index is 0.669. The molecule has 0 saturated carbocycles. The standard InChI is InChI=1S/C7H9N5/c1-4-6-7(9-5(2)8-4)10-11-12(6)3/h1-3H3. The molecule has 2 heterocycles. The highest BCUT2D eigenvalue weighted by atomic mass is 15.4. The van der Waals surface area contributed by atoms with E-state index in [0.29, 0.717) is 5.65 Å². The van der Waals surface area contributed by atoms with E-state index in [0.717, 1.165) is 17.0 Å². The van der Waals surface area contributed by atoms with Gasteiger partial charge in [-0.3, -0.25) is 0 Å². The quantitative estimate of drug-likeness (QED) is 0.563. The van der Waals surface area contributed by atoms with Gasteiger partial charge in [0.1, 0.15) is 11.3 Å². The van der Waals surface area contributed by atoms with Crippen molar-refractivity contribution in [3.05, 3.63) is 11.5 Å². The van der Waals surface area contributed by atoms with Crippen LogP contribution >= 0.6 is 0 Å². The average molecular weight is 163 g/mol. The maximum atomic E-state index is 4.22. The fraction of sp³-hybridized carbons (Fsp3) is 0.429. The molecule has 2 rings (SSSR count). The van der Waals surface area contributed by atoms with E-state index < -0.39 is 0 Å². The van der Waals surface area contributed by atoms with Crippen LogP contribution in [0, 0.1) is 13.8 Å². The lowest BCUT2D eigenvalue weighted by Gasteiger charge is -1.96. The van der Waals surface area contributed by atoms with Crippen LogP contribution in [0.5, 0.6) is 0 Å². The van der Waals surface area contributed by atoms with Crippen molar-refractivity contribution in [3.8, 4) is 0 Å². The highest BCUT2D eigenvalue weighted by Gasteiger charge is 2.06. The van der Waals surface area contributed by atoms with Crippen LogP contribution in [0.15, 0.2) is 0 Å². The third kappa shape index (κ3) is 0.861. The zero-order valence-electron chi connectivity index (χ0n) is 7.24. The predicted molar refractivity (Wildman–Crippen MR) is 43.6 cm³/mol. The second-order valence-corrected chi connectivity index (χ2v) is 2.74. The molecule has 0 unspecified atom stereocenters. The fourth-order valence-electron chi connectivity index (χ4n) is 1.29. The smallest absolute Gasteiger partial charge is 0.205 e. The lowest BCUT2D eigenvalue weighted by Crippen LogP contribution is -1.96. The van der Waals surface area contributed by atoms with Gasteiger partial charge in [0.15, 0.2) is 0 Å². The van der Waals surface area contributed by atoms with Crippen LogP contribution < -0.4 is 0 Å². The Kier molecular flexibility index (Phi) is 1.33. The van der Waals surface area contributed by atoms with E-state index in [1.165, 1.54) is 0 Å². The third-order valence-electron chi connectivity index (χ3n) is 1.75. The summed E-state index contributed by atoms with van der Waals surface area (Å²) in [5.41, 5.74) is 2.49. The second-order valence-electron chi connectivity index (χ2n) is 2.74. The van der Waals surface area contributed by atoms with Gasteiger partial charge in [-0.25, -0.2) is 14.6 Å². The number of nitrogens with zero attached hydrogens (tertiary/aromatic N) is 5. The summed E-state index contributed by atoms with van der Waals surface area (Å²) in [6.07, 6.45) is 0. The molecular formula is C7H9N5. The van der Waals surface area contributed by atoms with Crippen molar-refractivity contribution in [2.75, 3.05) is 0 Å². The zero-order valence-corrected chi connectivity index (χ0v) is 7.24. The third-order valence-corrected chi connectivity index (χ3v) is 1.75. The van der Waals surface area contributed by atoms with E-state index in [1.54, 1.807) is 4.68 Å². The lowest BCUT2D eigenvalue weighted by atomic mass is 10.4. The van der Waals surface area contributed by atoms with E-state index in [1.807, 2.05) is 20.9 Å². The Labute approximate surface area is 69.4 Å². The van der Waals surface area contributed by atoms with Crippen molar-refractivity contribution < 1.29 is 0 Å². The number of hydrogen-bond acceptors (Lipinski definition) is 4. The van der Waals surface area contributed by atoms with Crippen LogP contribution in [0.3, 0.4) is 0 Å². The predicted octanol–water partition coefficient (Wildman–Crippen LogP) is 0.375. The molecule has 0 saturated heterocycles. The van der Waals surface area contributed by atoms with Crippen molar-refractivity contribution in [2.24, 2.45) is 7.05 Å². The maximum Gasteiger partial charge on any atom is 0.205 e. The summed E-state index contributed by atoms with van der Waals surface area (Å²) in [6, 6.07) is 0. The summed E-state index contributed by atoms with van der Waals surface area (Å²) < 4.78 is 1.68. The van der Waals surface area contributed by atoms with Crippen molar-refractivity contribution in [3.63, 3.8) is 0 Å². The molecular weight excluding hydrogens is 154 g/mol. The second kappa shape index (κ2) is 2.23. The highest BCUT2D eigenvalue weighted by molar-refractivity contribution is 5.71. The molecule has 0 atom stereocenters. The van der Waals surface area contributed by atoms with Gasteiger partial charge in [-0.15, -0.1) is 5.10 Å². The van der Waals surface area contributed by atoms with E-state index >= 15 is 0 Å². The minimum absolute atomic E-state index is 0.669. The Morgan fingerprint density at radius 2 is 1.92 bits per heavy atom. The summed E-state index contributed by atoms with van der Waals surface area (Å²) in [7, 11) is 1.83.